The molecule has 4 nitrogen and oxygen atoms in total. The van der Waals surface area contributed by atoms with Crippen molar-refractivity contribution in [1.82, 2.24) is 4.98 Å². The molecule has 1 aromatic carbocycles. The molecule has 0 aliphatic rings. The minimum absolute atomic E-state index is 0.644. The molecule has 2 rings (SSSR count). The standard InChI is InChI=1S/C15H16N2O2/c1-19-8-7-16-15-6-5-14(10-17-15)13-4-2-3-12(9-13)11-18/h2-6,9-11H,7-8H2,1H3,(H,16,17). The molecule has 0 radical (unpaired) electrons. The van der Waals surface area contributed by atoms with Crippen LogP contribution in [0.2, 0.25) is 0 Å². The van der Waals surface area contributed by atoms with Crippen LogP contribution in [-0.2, 0) is 4.74 Å². The van der Waals surface area contributed by atoms with Crippen molar-refractivity contribution in [2.45, 2.75) is 0 Å². The summed E-state index contributed by atoms with van der Waals surface area (Å²) >= 11 is 0. The minimum Gasteiger partial charge on any atom is -0.383 e. The Morgan fingerprint density at radius 1 is 1.26 bits per heavy atom. The van der Waals surface area contributed by atoms with Crippen LogP contribution in [0.3, 0.4) is 0 Å². The van der Waals surface area contributed by atoms with E-state index in [-0.39, 0.29) is 0 Å². The Kier molecular flexibility index (Phi) is 4.64. The Balaban J connectivity index is 2.10. The maximum Gasteiger partial charge on any atom is 0.150 e. The maximum atomic E-state index is 10.8. The van der Waals surface area contributed by atoms with Crippen LogP contribution < -0.4 is 5.32 Å². The van der Waals surface area contributed by atoms with E-state index in [4.69, 9.17) is 4.74 Å². The van der Waals surface area contributed by atoms with Gasteiger partial charge in [0.25, 0.3) is 0 Å². The molecule has 0 amide bonds. The average molecular weight is 256 g/mol. The summed E-state index contributed by atoms with van der Waals surface area (Å²) in [6.07, 6.45) is 2.64. The van der Waals surface area contributed by atoms with Gasteiger partial charge in [-0.25, -0.2) is 4.98 Å². The zero-order valence-electron chi connectivity index (χ0n) is 10.8. The van der Waals surface area contributed by atoms with Gasteiger partial charge >= 0.3 is 0 Å². The molecular weight excluding hydrogens is 240 g/mol. The molecule has 1 aromatic heterocycles. The second-order valence-corrected chi connectivity index (χ2v) is 4.10. The lowest BCUT2D eigenvalue weighted by atomic mass is 10.1. The predicted octanol–water partition coefficient (Wildman–Crippen LogP) is 2.62. The van der Waals surface area contributed by atoms with Crippen molar-refractivity contribution >= 4 is 12.1 Å². The van der Waals surface area contributed by atoms with Crippen LogP contribution in [-0.4, -0.2) is 31.5 Å². The highest BCUT2D eigenvalue weighted by Gasteiger charge is 2.00. The van der Waals surface area contributed by atoms with Crippen LogP contribution in [0.1, 0.15) is 10.4 Å². The number of anilines is 1. The highest BCUT2D eigenvalue weighted by atomic mass is 16.5. The molecule has 1 heterocycles. The van der Waals surface area contributed by atoms with Crippen molar-refractivity contribution in [2.24, 2.45) is 0 Å². The van der Waals surface area contributed by atoms with Gasteiger partial charge in [0.05, 0.1) is 6.61 Å². The van der Waals surface area contributed by atoms with Gasteiger partial charge in [0, 0.05) is 31.0 Å². The van der Waals surface area contributed by atoms with Gasteiger partial charge in [0.1, 0.15) is 12.1 Å². The van der Waals surface area contributed by atoms with Crippen molar-refractivity contribution in [2.75, 3.05) is 25.6 Å². The zero-order chi connectivity index (χ0) is 13.5. The summed E-state index contributed by atoms with van der Waals surface area (Å²) in [5, 5.41) is 3.15. The fourth-order valence-corrected chi connectivity index (χ4v) is 1.74. The predicted molar refractivity (Wildman–Crippen MR) is 75.4 cm³/mol. The molecule has 19 heavy (non-hydrogen) atoms. The van der Waals surface area contributed by atoms with Crippen molar-refractivity contribution < 1.29 is 9.53 Å². The summed E-state index contributed by atoms with van der Waals surface area (Å²) in [7, 11) is 1.66. The van der Waals surface area contributed by atoms with Gasteiger partial charge in [-0.2, -0.15) is 0 Å². The lowest BCUT2D eigenvalue weighted by Gasteiger charge is -2.06. The molecule has 0 unspecified atom stereocenters. The van der Waals surface area contributed by atoms with Crippen LogP contribution in [0, 0.1) is 0 Å². The topological polar surface area (TPSA) is 51.2 Å². The quantitative estimate of drug-likeness (QED) is 0.637. The number of rotatable bonds is 6. The number of hydrogen-bond donors (Lipinski definition) is 1. The number of ether oxygens (including phenoxy) is 1. The molecule has 0 saturated heterocycles. The molecule has 0 atom stereocenters. The van der Waals surface area contributed by atoms with Crippen LogP contribution >= 0.6 is 0 Å². The van der Waals surface area contributed by atoms with Crippen molar-refractivity contribution in [3.8, 4) is 11.1 Å². The Morgan fingerprint density at radius 2 is 2.16 bits per heavy atom. The smallest absolute Gasteiger partial charge is 0.150 e. The van der Waals surface area contributed by atoms with E-state index in [1.54, 1.807) is 19.4 Å². The molecule has 0 fully saturated rings. The molecule has 0 aliphatic carbocycles. The molecule has 0 bridgehead atoms. The van der Waals surface area contributed by atoms with Crippen LogP contribution in [0.5, 0.6) is 0 Å². The highest BCUT2D eigenvalue weighted by Crippen LogP contribution is 2.20. The zero-order valence-corrected chi connectivity index (χ0v) is 10.8. The van der Waals surface area contributed by atoms with Crippen LogP contribution in [0.15, 0.2) is 42.6 Å². The summed E-state index contributed by atoms with van der Waals surface area (Å²) in [6.45, 7) is 1.37. The van der Waals surface area contributed by atoms with Crippen molar-refractivity contribution in [3.63, 3.8) is 0 Å². The Morgan fingerprint density at radius 3 is 2.84 bits per heavy atom. The number of pyridine rings is 1. The number of carbonyl (C=O) groups is 1. The number of nitrogens with one attached hydrogen (secondary N) is 1. The number of hydrogen-bond acceptors (Lipinski definition) is 4. The third-order valence-electron chi connectivity index (χ3n) is 2.73. The first-order valence-corrected chi connectivity index (χ1v) is 6.08. The molecule has 2 aromatic rings. The number of aromatic nitrogens is 1. The largest absolute Gasteiger partial charge is 0.383 e. The Bertz CT molecular complexity index is 538. The SMILES string of the molecule is COCCNc1ccc(-c2cccc(C=O)c2)cn1. The molecule has 0 spiro atoms. The van der Waals surface area contributed by atoms with Gasteiger partial charge in [-0.1, -0.05) is 18.2 Å². The molecule has 4 heteroatoms. The number of nitrogens with zero attached hydrogens (tertiary/aromatic N) is 1. The number of benzene rings is 1. The van der Waals surface area contributed by atoms with E-state index in [1.165, 1.54) is 0 Å². The minimum atomic E-state index is 0.644. The first-order valence-electron chi connectivity index (χ1n) is 6.08. The van der Waals surface area contributed by atoms with Gasteiger partial charge in [-0.3, -0.25) is 4.79 Å². The number of aldehydes is 1. The average Bonchev–Trinajstić information content (AvgIpc) is 2.48. The second-order valence-electron chi connectivity index (χ2n) is 4.10. The van der Waals surface area contributed by atoms with E-state index in [2.05, 4.69) is 10.3 Å². The summed E-state index contributed by atoms with van der Waals surface area (Å²) in [5.74, 6) is 0.812. The lowest BCUT2D eigenvalue weighted by Crippen LogP contribution is -2.08. The second kappa shape index (κ2) is 6.66. The van der Waals surface area contributed by atoms with E-state index in [9.17, 15) is 4.79 Å². The van der Waals surface area contributed by atoms with Gasteiger partial charge in [0.2, 0.25) is 0 Å². The maximum absolute atomic E-state index is 10.8. The van der Waals surface area contributed by atoms with Gasteiger partial charge in [-0.15, -0.1) is 0 Å². The first-order chi connectivity index (χ1) is 9.33. The molecule has 0 aliphatic heterocycles. The summed E-state index contributed by atoms with van der Waals surface area (Å²) in [4.78, 5) is 15.1. The van der Waals surface area contributed by atoms with Gasteiger partial charge in [0.15, 0.2) is 0 Å². The summed E-state index contributed by atoms with van der Waals surface area (Å²) < 4.78 is 4.96. The lowest BCUT2D eigenvalue weighted by molar-refractivity contribution is 0.112. The van der Waals surface area contributed by atoms with Gasteiger partial charge in [-0.05, 0) is 23.8 Å². The molecule has 1 N–H and O–H groups in total. The van der Waals surface area contributed by atoms with Gasteiger partial charge < -0.3 is 10.1 Å². The third kappa shape index (κ3) is 3.63. The summed E-state index contributed by atoms with van der Waals surface area (Å²) in [6, 6.07) is 11.4. The van der Waals surface area contributed by atoms with E-state index < -0.39 is 0 Å². The third-order valence-corrected chi connectivity index (χ3v) is 2.73. The Hall–Kier alpha value is -2.20. The van der Waals surface area contributed by atoms with Crippen molar-refractivity contribution in [1.29, 1.82) is 0 Å². The monoisotopic (exact) mass is 256 g/mol. The fraction of sp³-hybridized carbons (Fsp3) is 0.200. The van der Waals surface area contributed by atoms with Crippen molar-refractivity contribution in [3.05, 3.63) is 48.2 Å². The van der Waals surface area contributed by atoms with E-state index >= 15 is 0 Å². The summed E-state index contributed by atoms with van der Waals surface area (Å²) in [5.41, 5.74) is 2.64. The van der Waals surface area contributed by atoms with E-state index in [1.807, 2.05) is 30.3 Å². The first kappa shape index (κ1) is 13.2. The van der Waals surface area contributed by atoms with Crippen LogP contribution in [0.4, 0.5) is 5.82 Å². The van der Waals surface area contributed by atoms with E-state index in [0.29, 0.717) is 12.2 Å². The highest BCUT2D eigenvalue weighted by molar-refractivity contribution is 5.78. The van der Waals surface area contributed by atoms with E-state index in [0.717, 1.165) is 29.8 Å². The Labute approximate surface area is 112 Å². The normalized spacial score (nSPS) is 10.2. The molecular formula is C15H16N2O2. The molecule has 0 saturated carbocycles. The van der Waals surface area contributed by atoms with Crippen LogP contribution in [0.25, 0.3) is 11.1 Å². The number of carbonyl (C=O) groups excluding carboxylic acids is 1. The molecule has 98 valence electrons. The number of methoxy groups -OCH3 is 1. The fourth-order valence-electron chi connectivity index (χ4n) is 1.74.